The largest absolute Gasteiger partial charge is 0.357 e. The van der Waals surface area contributed by atoms with Gasteiger partial charge in [0.25, 0.3) is 17.6 Å². The Bertz CT molecular complexity index is 1050. The molecule has 1 aromatic heterocycles. The van der Waals surface area contributed by atoms with E-state index in [-0.39, 0.29) is 17.0 Å². The standard InChI is InChI=1S/C27H35ClN4O4/c1-30(2)25(33)22-11-12-23(29-24(22)28)32-16-13-20(14-17-32)8-7-15-31(3)26(34)27(35-18-19-36-27)21-9-5-4-6-10-21/h4-6,9-12,20H,7-8,13-19H2,1-3H3. The number of piperidine rings is 1. The summed E-state index contributed by atoms with van der Waals surface area (Å²) in [6.07, 6.45) is 4.07. The van der Waals surface area contributed by atoms with Gasteiger partial charge in [-0.05, 0) is 43.7 Å². The average Bonchev–Trinajstić information content (AvgIpc) is 3.40. The molecule has 2 fully saturated rings. The molecule has 9 heteroatoms. The van der Waals surface area contributed by atoms with Crippen LogP contribution >= 0.6 is 11.6 Å². The van der Waals surface area contributed by atoms with Gasteiger partial charge in [-0.3, -0.25) is 9.59 Å². The maximum absolute atomic E-state index is 13.3. The molecule has 0 N–H and O–H groups in total. The van der Waals surface area contributed by atoms with E-state index in [1.807, 2.05) is 43.4 Å². The lowest BCUT2D eigenvalue weighted by Crippen LogP contribution is -2.46. The first-order valence-electron chi connectivity index (χ1n) is 12.5. The second-order valence-electron chi connectivity index (χ2n) is 9.69. The number of hydrogen-bond acceptors (Lipinski definition) is 6. The maximum atomic E-state index is 13.3. The summed E-state index contributed by atoms with van der Waals surface area (Å²) in [6, 6.07) is 13.1. The fraction of sp³-hybridized carbons (Fsp3) is 0.519. The van der Waals surface area contributed by atoms with Crippen LogP contribution in [-0.4, -0.2) is 80.6 Å². The van der Waals surface area contributed by atoms with Gasteiger partial charge in [-0.15, -0.1) is 0 Å². The summed E-state index contributed by atoms with van der Waals surface area (Å²) in [5.74, 6) is -0.233. The first-order chi connectivity index (χ1) is 17.3. The van der Waals surface area contributed by atoms with E-state index < -0.39 is 5.79 Å². The predicted molar refractivity (Wildman–Crippen MR) is 139 cm³/mol. The molecule has 2 amide bonds. The molecule has 36 heavy (non-hydrogen) atoms. The summed E-state index contributed by atoms with van der Waals surface area (Å²) in [4.78, 5) is 35.4. The van der Waals surface area contributed by atoms with Crippen molar-refractivity contribution in [3.8, 4) is 0 Å². The smallest absolute Gasteiger partial charge is 0.287 e. The van der Waals surface area contributed by atoms with Gasteiger partial charge in [0.05, 0.1) is 18.8 Å². The summed E-state index contributed by atoms with van der Waals surface area (Å²) >= 11 is 6.30. The number of carbonyl (C=O) groups is 2. The molecular formula is C27H35ClN4O4. The molecule has 194 valence electrons. The van der Waals surface area contributed by atoms with Crippen LogP contribution in [0.25, 0.3) is 0 Å². The van der Waals surface area contributed by atoms with Crippen molar-refractivity contribution in [3.63, 3.8) is 0 Å². The van der Waals surface area contributed by atoms with Crippen LogP contribution in [0.1, 0.15) is 41.6 Å². The van der Waals surface area contributed by atoms with E-state index in [1.165, 1.54) is 4.90 Å². The number of nitrogens with zero attached hydrogens (tertiary/aromatic N) is 4. The number of carbonyl (C=O) groups excluding carboxylic acids is 2. The van der Waals surface area contributed by atoms with Gasteiger partial charge in [-0.25, -0.2) is 4.98 Å². The van der Waals surface area contributed by atoms with E-state index >= 15 is 0 Å². The number of rotatable bonds is 8. The zero-order valence-electron chi connectivity index (χ0n) is 21.3. The van der Waals surface area contributed by atoms with Gasteiger partial charge in [0, 0.05) is 46.3 Å². The van der Waals surface area contributed by atoms with Crippen LogP contribution in [0.5, 0.6) is 0 Å². The third kappa shape index (κ3) is 5.66. The molecule has 0 aliphatic carbocycles. The van der Waals surface area contributed by atoms with Gasteiger partial charge in [-0.1, -0.05) is 41.9 Å². The van der Waals surface area contributed by atoms with Crippen molar-refractivity contribution in [2.45, 2.75) is 31.5 Å². The van der Waals surface area contributed by atoms with Gasteiger partial charge < -0.3 is 24.2 Å². The van der Waals surface area contributed by atoms with Gasteiger partial charge in [0.15, 0.2) is 0 Å². The summed E-state index contributed by atoms with van der Waals surface area (Å²) in [7, 11) is 5.21. The Morgan fingerprint density at radius 1 is 1.06 bits per heavy atom. The monoisotopic (exact) mass is 514 g/mol. The first kappa shape index (κ1) is 26.4. The van der Waals surface area contributed by atoms with E-state index in [0.717, 1.165) is 50.2 Å². The number of halogens is 1. The number of pyridine rings is 1. The Morgan fingerprint density at radius 3 is 2.33 bits per heavy atom. The van der Waals surface area contributed by atoms with E-state index in [4.69, 9.17) is 21.1 Å². The molecule has 4 rings (SSSR count). The Balaban J connectivity index is 1.25. The third-order valence-electron chi connectivity index (χ3n) is 6.99. The Morgan fingerprint density at radius 2 is 1.72 bits per heavy atom. The summed E-state index contributed by atoms with van der Waals surface area (Å²) in [6.45, 7) is 3.24. The minimum Gasteiger partial charge on any atom is -0.357 e. The minimum atomic E-state index is -1.33. The number of amides is 2. The van der Waals surface area contributed by atoms with E-state index in [1.54, 1.807) is 25.1 Å². The number of hydrogen-bond donors (Lipinski definition) is 0. The zero-order chi connectivity index (χ0) is 25.7. The Hall–Kier alpha value is -2.68. The predicted octanol–water partition coefficient (Wildman–Crippen LogP) is 3.79. The van der Waals surface area contributed by atoms with Crippen molar-refractivity contribution in [2.75, 3.05) is 58.9 Å². The number of benzene rings is 1. The van der Waals surface area contributed by atoms with Crippen LogP contribution in [0.2, 0.25) is 5.15 Å². The van der Waals surface area contributed by atoms with Crippen molar-refractivity contribution in [2.24, 2.45) is 5.92 Å². The molecule has 0 spiro atoms. The van der Waals surface area contributed by atoms with Crippen molar-refractivity contribution >= 4 is 29.2 Å². The van der Waals surface area contributed by atoms with Crippen LogP contribution in [0.15, 0.2) is 42.5 Å². The van der Waals surface area contributed by atoms with E-state index in [0.29, 0.717) is 31.2 Å². The fourth-order valence-electron chi connectivity index (χ4n) is 4.91. The lowest BCUT2D eigenvalue weighted by atomic mass is 9.92. The number of likely N-dealkylation sites (N-methyl/N-ethyl adjacent to an activating group) is 1. The molecule has 0 saturated carbocycles. The maximum Gasteiger partial charge on any atom is 0.287 e. The molecule has 0 unspecified atom stereocenters. The normalized spacial score (nSPS) is 17.7. The van der Waals surface area contributed by atoms with E-state index in [2.05, 4.69) is 9.88 Å². The highest BCUT2D eigenvalue weighted by molar-refractivity contribution is 6.32. The molecule has 0 radical (unpaired) electrons. The van der Waals surface area contributed by atoms with Crippen LogP contribution in [-0.2, 0) is 20.1 Å². The fourth-order valence-corrected chi connectivity index (χ4v) is 5.14. The number of anilines is 1. The highest BCUT2D eigenvalue weighted by atomic mass is 35.5. The van der Waals surface area contributed by atoms with E-state index in [9.17, 15) is 9.59 Å². The molecule has 0 atom stereocenters. The van der Waals surface area contributed by atoms with Crippen LogP contribution in [0.3, 0.4) is 0 Å². The molecule has 2 saturated heterocycles. The summed E-state index contributed by atoms with van der Waals surface area (Å²) in [5.41, 5.74) is 1.15. The van der Waals surface area contributed by atoms with Gasteiger partial charge in [-0.2, -0.15) is 0 Å². The van der Waals surface area contributed by atoms with Gasteiger partial charge in [0.2, 0.25) is 0 Å². The third-order valence-corrected chi connectivity index (χ3v) is 7.28. The SMILES string of the molecule is CN(C)C(=O)c1ccc(N2CCC(CCCN(C)C(=O)C3(c4ccccc4)OCCO3)CC2)nc1Cl. The Kier molecular flexibility index (Phi) is 8.49. The van der Waals surface area contributed by atoms with Gasteiger partial charge in [0.1, 0.15) is 11.0 Å². The minimum absolute atomic E-state index is 0.151. The van der Waals surface area contributed by atoms with Crippen LogP contribution in [0, 0.1) is 5.92 Å². The second kappa shape index (κ2) is 11.6. The molecule has 3 heterocycles. The molecular weight excluding hydrogens is 480 g/mol. The van der Waals surface area contributed by atoms with Crippen molar-refractivity contribution in [3.05, 3.63) is 58.7 Å². The topological polar surface area (TPSA) is 75.2 Å². The van der Waals surface area contributed by atoms with Crippen molar-refractivity contribution in [1.82, 2.24) is 14.8 Å². The summed E-state index contributed by atoms with van der Waals surface area (Å²) < 4.78 is 11.7. The lowest BCUT2D eigenvalue weighted by Gasteiger charge is -2.34. The molecule has 1 aromatic carbocycles. The second-order valence-corrected chi connectivity index (χ2v) is 10.0. The molecule has 2 aliphatic heterocycles. The lowest BCUT2D eigenvalue weighted by molar-refractivity contribution is -0.197. The average molecular weight is 515 g/mol. The first-order valence-corrected chi connectivity index (χ1v) is 12.9. The summed E-state index contributed by atoms with van der Waals surface area (Å²) in [5, 5.41) is 0.240. The van der Waals surface area contributed by atoms with Crippen molar-refractivity contribution in [1.29, 1.82) is 0 Å². The quantitative estimate of drug-likeness (QED) is 0.499. The van der Waals surface area contributed by atoms with Crippen LogP contribution < -0.4 is 4.90 Å². The molecule has 0 bridgehead atoms. The highest BCUT2D eigenvalue weighted by Crippen LogP contribution is 2.34. The molecule has 8 nitrogen and oxygen atoms in total. The molecule has 2 aliphatic rings. The van der Waals surface area contributed by atoms with Crippen LogP contribution in [0.4, 0.5) is 5.82 Å². The van der Waals surface area contributed by atoms with Crippen molar-refractivity contribution < 1.29 is 19.1 Å². The number of ether oxygens (including phenoxy) is 2. The zero-order valence-corrected chi connectivity index (χ0v) is 22.0. The van der Waals surface area contributed by atoms with Gasteiger partial charge >= 0.3 is 0 Å². The number of aromatic nitrogens is 1. The highest BCUT2D eigenvalue weighted by Gasteiger charge is 2.47. The molecule has 2 aromatic rings. The Labute approximate surface area is 218 Å².